The maximum atomic E-state index is 11.1. The van der Waals surface area contributed by atoms with Gasteiger partial charge in [-0.3, -0.25) is 4.79 Å². The van der Waals surface area contributed by atoms with Crippen LogP contribution >= 0.6 is 11.6 Å². The molecule has 114 valence electrons. The average Bonchev–Trinajstić information content (AvgIpc) is 2.49. The van der Waals surface area contributed by atoms with E-state index in [1.165, 1.54) is 0 Å². The van der Waals surface area contributed by atoms with Gasteiger partial charge in [-0.2, -0.15) is 5.10 Å². The Bertz CT molecular complexity index is 532. The van der Waals surface area contributed by atoms with Crippen LogP contribution in [0.25, 0.3) is 0 Å². The monoisotopic (exact) mass is 309 g/mol. The van der Waals surface area contributed by atoms with Crippen LogP contribution in [-0.2, 0) is 4.79 Å². The van der Waals surface area contributed by atoms with Gasteiger partial charge in [0.05, 0.1) is 17.3 Å². The summed E-state index contributed by atoms with van der Waals surface area (Å²) in [5.41, 5.74) is 9.68. The number of ether oxygens (including phenoxy) is 1. The highest BCUT2D eigenvalue weighted by Gasteiger charge is 2.14. The van der Waals surface area contributed by atoms with Crippen molar-refractivity contribution in [2.24, 2.45) is 10.8 Å². The van der Waals surface area contributed by atoms with E-state index in [1.54, 1.807) is 0 Å². The van der Waals surface area contributed by atoms with E-state index in [0.717, 1.165) is 30.5 Å². The molecule has 1 aromatic carbocycles. The molecule has 0 unspecified atom stereocenters. The van der Waals surface area contributed by atoms with Crippen molar-refractivity contribution in [2.75, 3.05) is 13.2 Å². The quantitative estimate of drug-likeness (QED) is 0.760. The number of nitrogens with two attached hydrogens (primary N) is 1. The van der Waals surface area contributed by atoms with Gasteiger partial charge in [0.25, 0.3) is 0 Å². The van der Waals surface area contributed by atoms with Gasteiger partial charge in [-0.05, 0) is 49.6 Å². The minimum Gasteiger partial charge on any atom is -0.492 e. The Hall–Kier alpha value is -1.59. The molecule has 0 atom stereocenters. The molecule has 21 heavy (non-hydrogen) atoms. The Labute approximate surface area is 129 Å². The van der Waals surface area contributed by atoms with Crippen molar-refractivity contribution in [3.8, 4) is 5.75 Å². The summed E-state index contributed by atoms with van der Waals surface area (Å²) in [6.45, 7) is 1.35. The number of carbonyl (C=O) groups excluding carboxylic acids is 1. The van der Waals surface area contributed by atoms with E-state index in [2.05, 4.69) is 10.5 Å². The number of halogens is 1. The van der Waals surface area contributed by atoms with E-state index in [0.29, 0.717) is 36.8 Å². The predicted octanol–water partition coefficient (Wildman–Crippen LogP) is 2.46. The van der Waals surface area contributed by atoms with E-state index in [4.69, 9.17) is 22.1 Å². The fraction of sp³-hybridized carbons (Fsp3) is 0.467. The van der Waals surface area contributed by atoms with E-state index in [9.17, 15) is 4.79 Å². The van der Waals surface area contributed by atoms with Crippen LogP contribution in [0.2, 0.25) is 5.02 Å². The van der Waals surface area contributed by atoms with Crippen LogP contribution in [-0.4, -0.2) is 24.8 Å². The second-order valence-electron chi connectivity index (χ2n) is 4.94. The summed E-state index contributed by atoms with van der Waals surface area (Å²) >= 11 is 6.23. The van der Waals surface area contributed by atoms with Gasteiger partial charge in [-0.25, -0.2) is 5.43 Å². The maximum absolute atomic E-state index is 11.1. The fourth-order valence-corrected chi connectivity index (χ4v) is 2.32. The number of unbranched alkanes of at least 4 members (excludes halogenated alkanes) is 2. The molecule has 1 aromatic rings. The van der Waals surface area contributed by atoms with Crippen LogP contribution in [0.4, 0.5) is 0 Å². The van der Waals surface area contributed by atoms with Gasteiger partial charge in [0.2, 0.25) is 5.91 Å². The second kappa shape index (κ2) is 8.00. The molecule has 3 N–H and O–H groups in total. The minimum atomic E-state index is -0.0534. The van der Waals surface area contributed by atoms with Gasteiger partial charge >= 0.3 is 0 Å². The van der Waals surface area contributed by atoms with E-state index in [1.807, 2.05) is 18.2 Å². The van der Waals surface area contributed by atoms with Gasteiger partial charge in [0.15, 0.2) is 0 Å². The molecule has 0 saturated carbocycles. The Balaban J connectivity index is 1.93. The zero-order valence-electron chi connectivity index (χ0n) is 11.9. The third-order valence-corrected chi connectivity index (χ3v) is 3.57. The highest BCUT2D eigenvalue weighted by molar-refractivity contribution is 6.32. The summed E-state index contributed by atoms with van der Waals surface area (Å²) in [5.74, 6) is 0.621. The number of amides is 1. The number of carbonyl (C=O) groups is 1. The molecule has 0 aliphatic carbocycles. The smallest absolute Gasteiger partial charge is 0.240 e. The van der Waals surface area contributed by atoms with Gasteiger partial charge in [-0.15, -0.1) is 0 Å². The first kappa shape index (κ1) is 15.8. The maximum Gasteiger partial charge on any atom is 0.240 e. The molecule has 1 heterocycles. The molecule has 6 heteroatoms. The molecule has 0 aromatic heterocycles. The van der Waals surface area contributed by atoms with Gasteiger partial charge < -0.3 is 10.5 Å². The predicted molar refractivity (Wildman–Crippen MR) is 83.8 cm³/mol. The Morgan fingerprint density at radius 2 is 2.14 bits per heavy atom. The highest BCUT2D eigenvalue weighted by atomic mass is 35.5. The largest absolute Gasteiger partial charge is 0.492 e. The van der Waals surface area contributed by atoms with E-state index >= 15 is 0 Å². The van der Waals surface area contributed by atoms with Crippen molar-refractivity contribution in [3.63, 3.8) is 0 Å². The third-order valence-electron chi connectivity index (χ3n) is 3.28. The Morgan fingerprint density at radius 3 is 2.81 bits per heavy atom. The third kappa shape index (κ3) is 4.72. The topological polar surface area (TPSA) is 76.7 Å². The van der Waals surface area contributed by atoms with E-state index in [-0.39, 0.29) is 5.91 Å². The zero-order valence-corrected chi connectivity index (χ0v) is 12.7. The normalized spacial score (nSPS) is 14.6. The van der Waals surface area contributed by atoms with Gasteiger partial charge in [0.1, 0.15) is 5.75 Å². The number of rotatable bonds is 7. The molecule has 0 saturated heterocycles. The van der Waals surface area contributed by atoms with Crippen LogP contribution < -0.4 is 15.9 Å². The van der Waals surface area contributed by atoms with Crippen molar-refractivity contribution in [1.29, 1.82) is 0 Å². The van der Waals surface area contributed by atoms with E-state index < -0.39 is 0 Å². The molecule has 5 nitrogen and oxygen atoms in total. The lowest BCUT2D eigenvalue weighted by Crippen LogP contribution is -2.25. The van der Waals surface area contributed by atoms with Crippen LogP contribution in [0, 0.1) is 0 Å². The Kier molecular flexibility index (Phi) is 6.02. The molecule has 1 amide bonds. The lowest BCUT2D eigenvalue weighted by atomic mass is 10.0. The van der Waals surface area contributed by atoms with Crippen molar-refractivity contribution in [3.05, 3.63) is 28.8 Å². The first-order valence-corrected chi connectivity index (χ1v) is 7.56. The number of nitrogens with zero attached hydrogens (tertiary/aromatic N) is 1. The number of nitrogens with one attached hydrogen (secondary N) is 1. The Morgan fingerprint density at radius 1 is 1.29 bits per heavy atom. The standard InChI is InChI=1S/C15H20ClN3O2/c16-12-10-11(13-5-7-15(20)19-18-13)4-6-14(12)21-9-3-1-2-8-17/h4,6,10H,1-3,5,7-9,17H2,(H,19,20). The number of benzene rings is 1. The molecular weight excluding hydrogens is 290 g/mol. The average molecular weight is 310 g/mol. The molecule has 1 aliphatic rings. The number of hydrogen-bond donors (Lipinski definition) is 2. The zero-order chi connectivity index (χ0) is 15.1. The van der Waals surface area contributed by atoms with Gasteiger partial charge in [-0.1, -0.05) is 11.6 Å². The van der Waals surface area contributed by atoms with Crippen LogP contribution in [0.5, 0.6) is 5.75 Å². The molecular formula is C15H20ClN3O2. The summed E-state index contributed by atoms with van der Waals surface area (Å²) in [6.07, 6.45) is 4.12. The van der Waals surface area contributed by atoms with Gasteiger partial charge in [0, 0.05) is 12.8 Å². The van der Waals surface area contributed by atoms with Crippen molar-refractivity contribution < 1.29 is 9.53 Å². The number of hydrazone groups is 1. The summed E-state index contributed by atoms with van der Waals surface area (Å²) in [6, 6.07) is 5.59. The van der Waals surface area contributed by atoms with Crippen molar-refractivity contribution >= 4 is 23.2 Å². The lowest BCUT2D eigenvalue weighted by molar-refractivity contribution is -0.121. The van der Waals surface area contributed by atoms with Crippen LogP contribution in [0.1, 0.15) is 37.7 Å². The summed E-state index contributed by atoms with van der Waals surface area (Å²) in [7, 11) is 0. The molecule has 2 rings (SSSR count). The highest BCUT2D eigenvalue weighted by Crippen LogP contribution is 2.27. The SMILES string of the molecule is NCCCCCOc1ccc(C2=NNC(=O)CC2)cc1Cl. The minimum absolute atomic E-state index is 0.0534. The number of hydrogen-bond acceptors (Lipinski definition) is 4. The molecule has 1 aliphatic heterocycles. The summed E-state index contributed by atoms with van der Waals surface area (Å²) in [4.78, 5) is 11.1. The molecule has 0 spiro atoms. The first-order chi connectivity index (χ1) is 10.2. The van der Waals surface area contributed by atoms with Crippen molar-refractivity contribution in [2.45, 2.75) is 32.1 Å². The second-order valence-corrected chi connectivity index (χ2v) is 5.34. The summed E-state index contributed by atoms with van der Waals surface area (Å²) < 4.78 is 5.66. The molecule has 0 radical (unpaired) electrons. The fourth-order valence-electron chi connectivity index (χ4n) is 2.09. The van der Waals surface area contributed by atoms with Crippen LogP contribution in [0.3, 0.4) is 0 Å². The molecule has 0 fully saturated rings. The van der Waals surface area contributed by atoms with Crippen molar-refractivity contribution in [1.82, 2.24) is 5.43 Å². The molecule has 0 bridgehead atoms. The summed E-state index contributed by atoms with van der Waals surface area (Å²) in [5, 5.41) is 4.61. The lowest BCUT2D eigenvalue weighted by Gasteiger charge is -2.14. The van der Waals surface area contributed by atoms with Crippen LogP contribution in [0.15, 0.2) is 23.3 Å². The first-order valence-electron chi connectivity index (χ1n) is 7.19.